The van der Waals surface area contributed by atoms with E-state index >= 15 is 9.59 Å². The highest BCUT2D eigenvalue weighted by Crippen LogP contribution is 2.64. The molecule has 1 saturated heterocycles. The molecule has 0 spiro atoms. The molecule has 3 aromatic rings. The van der Waals surface area contributed by atoms with Crippen LogP contribution in [0, 0.1) is 27.2 Å². The first kappa shape index (κ1) is 34.9. The molecule has 2 amide bonds. The van der Waals surface area contributed by atoms with Crippen LogP contribution in [0.4, 0.5) is 0 Å². The maximum atomic E-state index is 15.2. The number of hydrogen-bond donors (Lipinski definition) is 2. The van der Waals surface area contributed by atoms with Gasteiger partial charge in [-0.15, -0.1) is 0 Å². The van der Waals surface area contributed by atoms with Crippen molar-refractivity contribution in [2.75, 3.05) is 13.7 Å². The highest BCUT2D eigenvalue weighted by atomic mass is 127. The minimum atomic E-state index is -1.38. The Morgan fingerprint density at radius 1 is 0.941 bits per heavy atom. The summed E-state index contributed by atoms with van der Waals surface area (Å²) in [6, 6.07) is 22.0. The number of phenols is 1. The van der Waals surface area contributed by atoms with Crippen molar-refractivity contribution in [3.63, 3.8) is 0 Å². The number of benzene rings is 3. The number of carbonyl (C=O) groups is 5. The van der Waals surface area contributed by atoms with Crippen LogP contribution in [0.1, 0.15) is 61.1 Å². The molecule has 3 aliphatic carbocycles. The van der Waals surface area contributed by atoms with Crippen LogP contribution in [0.5, 0.6) is 11.5 Å². The van der Waals surface area contributed by atoms with Crippen LogP contribution in [-0.4, -0.2) is 58.1 Å². The fourth-order valence-electron chi connectivity index (χ4n) is 9.17. The number of phenolic OH excluding ortho intramolecular Hbond substituents is 1. The highest BCUT2D eigenvalue weighted by Gasteiger charge is 2.65. The number of aromatic hydroxyl groups is 1. The molecular formula is C41H38INO8. The molecule has 0 aromatic heterocycles. The molecule has 0 bridgehead atoms. The summed E-state index contributed by atoms with van der Waals surface area (Å²) in [4.78, 5) is 70.7. The first-order valence-electron chi connectivity index (χ1n) is 17.3. The molecule has 4 aliphatic rings. The lowest BCUT2D eigenvalue weighted by atomic mass is 9.44. The van der Waals surface area contributed by atoms with Crippen LogP contribution >= 0.6 is 22.6 Å². The summed E-state index contributed by atoms with van der Waals surface area (Å²) in [7, 11) is 1.46. The largest absolute Gasteiger partial charge is 0.504 e. The van der Waals surface area contributed by atoms with E-state index in [0.717, 1.165) is 5.57 Å². The molecule has 262 valence electrons. The molecule has 0 radical (unpaired) electrons. The molecule has 1 heterocycles. The molecule has 1 saturated carbocycles. The number of ether oxygens (including phenoxy) is 1. The fraction of sp³-hybridized carbons (Fsp3) is 0.341. The summed E-state index contributed by atoms with van der Waals surface area (Å²) in [5.41, 5.74) is 1.77. The summed E-state index contributed by atoms with van der Waals surface area (Å²) >= 11 is 2.03. The number of rotatable bonds is 10. The van der Waals surface area contributed by atoms with Crippen molar-refractivity contribution in [2.45, 2.75) is 49.9 Å². The lowest BCUT2D eigenvalue weighted by Gasteiger charge is -2.55. The average molecular weight is 800 g/mol. The number of allylic oxidation sites excluding steroid dienone is 4. The monoisotopic (exact) mass is 799 g/mol. The number of ketones is 2. The van der Waals surface area contributed by atoms with E-state index < -0.39 is 41.0 Å². The van der Waals surface area contributed by atoms with Crippen LogP contribution in [-0.2, 0) is 29.4 Å². The van der Waals surface area contributed by atoms with Gasteiger partial charge < -0.3 is 14.9 Å². The molecular weight excluding hydrogens is 761 g/mol. The van der Waals surface area contributed by atoms with Crippen molar-refractivity contribution in [3.05, 3.63) is 111 Å². The number of imide groups is 1. The standard InChI is InChI=1S/C41H38INO8/c1-51-32-20-24(19-31(42)38(32)48)36-26-16-17-27-35(40(50)43(39(27)49)18-10-4-9-15-34(45)46)29(26)21-30-37(47)28(23-11-5-2-6-12-23)22-33(44)41(30,36)25-13-7-3-8-14-25/h2-3,5-8,11-14,16,19-20,22,27,29-30,35-36,48H,4,9-10,15,17-18,21H2,1H3,(H,45,46)/t27-,29+,30-,35-,36-,41-/m0/s1. The van der Waals surface area contributed by atoms with Crippen molar-refractivity contribution in [1.82, 2.24) is 4.90 Å². The Balaban J connectivity index is 1.40. The van der Waals surface area contributed by atoms with Crippen molar-refractivity contribution < 1.29 is 38.9 Å². The smallest absolute Gasteiger partial charge is 0.303 e. The number of carbonyl (C=O) groups excluding carboxylic acids is 4. The second-order valence-electron chi connectivity index (χ2n) is 13.9. The Kier molecular flexibility index (Phi) is 9.47. The van der Waals surface area contributed by atoms with E-state index in [1.54, 1.807) is 6.07 Å². The molecule has 0 unspecified atom stereocenters. The van der Waals surface area contributed by atoms with Crippen molar-refractivity contribution in [2.24, 2.45) is 23.7 Å². The highest BCUT2D eigenvalue weighted by molar-refractivity contribution is 14.1. The summed E-state index contributed by atoms with van der Waals surface area (Å²) in [5, 5.41) is 19.9. The Bertz CT molecular complexity index is 1990. The first-order valence-corrected chi connectivity index (χ1v) is 18.4. The number of nitrogens with zero attached hydrogens (tertiary/aromatic N) is 1. The minimum Gasteiger partial charge on any atom is -0.504 e. The second-order valence-corrected chi connectivity index (χ2v) is 15.0. The van der Waals surface area contributed by atoms with Crippen LogP contribution in [0.2, 0.25) is 0 Å². The van der Waals surface area contributed by atoms with Gasteiger partial charge >= 0.3 is 5.97 Å². The van der Waals surface area contributed by atoms with Gasteiger partial charge in [-0.25, -0.2) is 0 Å². The minimum absolute atomic E-state index is 0.0294. The van der Waals surface area contributed by atoms with Gasteiger partial charge in [0.1, 0.15) is 0 Å². The average Bonchev–Trinajstić information content (AvgIpc) is 3.38. The van der Waals surface area contributed by atoms with Gasteiger partial charge in [0.05, 0.1) is 27.9 Å². The molecule has 2 N–H and O–H groups in total. The van der Waals surface area contributed by atoms with E-state index in [2.05, 4.69) is 0 Å². The third kappa shape index (κ3) is 5.71. The number of likely N-dealkylation sites (tertiary alicyclic amines) is 1. The van der Waals surface area contributed by atoms with E-state index in [-0.39, 0.29) is 54.3 Å². The van der Waals surface area contributed by atoms with E-state index in [9.17, 15) is 19.5 Å². The number of carboxylic acids is 1. The van der Waals surface area contributed by atoms with Crippen LogP contribution in [0.3, 0.4) is 0 Å². The predicted octanol–water partition coefficient (Wildman–Crippen LogP) is 6.47. The molecule has 51 heavy (non-hydrogen) atoms. The number of fused-ring (bicyclic) bond motifs is 4. The normalized spacial score (nSPS) is 26.9. The second kappa shape index (κ2) is 13.9. The van der Waals surface area contributed by atoms with Gasteiger partial charge in [0.15, 0.2) is 23.1 Å². The van der Waals surface area contributed by atoms with E-state index in [1.165, 1.54) is 18.1 Å². The maximum Gasteiger partial charge on any atom is 0.303 e. The van der Waals surface area contributed by atoms with Gasteiger partial charge in [-0.1, -0.05) is 78.7 Å². The van der Waals surface area contributed by atoms with E-state index in [1.807, 2.05) is 95.4 Å². The zero-order valence-corrected chi connectivity index (χ0v) is 30.2. The zero-order chi connectivity index (χ0) is 36.0. The van der Waals surface area contributed by atoms with Crippen molar-refractivity contribution in [1.29, 1.82) is 0 Å². The van der Waals surface area contributed by atoms with Gasteiger partial charge in [-0.3, -0.25) is 28.9 Å². The lowest BCUT2D eigenvalue weighted by molar-refractivity contribution is -0.141. The van der Waals surface area contributed by atoms with Gasteiger partial charge in [0.2, 0.25) is 11.8 Å². The molecule has 3 aromatic carbocycles. The SMILES string of the molecule is COc1cc([C@H]2C3=CC[C@@H]4C(=O)N(CCCCCC(=O)O)C(=O)[C@@H]4[C@@H]3C[C@H]3C(=O)C(c4ccccc4)=CC(=O)[C@@]23c2ccccc2)cc(I)c1O. The van der Waals surface area contributed by atoms with Crippen molar-refractivity contribution >= 4 is 57.5 Å². The first-order chi connectivity index (χ1) is 24.6. The van der Waals surface area contributed by atoms with E-state index in [4.69, 9.17) is 9.84 Å². The number of halogens is 1. The fourth-order valence-corrected chi connectivity index (χ4v) is 9.80. The van der Waals surface area contributed by atoms with Gasteiger partial charge in [0.25, 0.3) is 0 Å². The third-order valence-corrected chi connectivity index (χ3v) is 12.2. The number of methoxy groups -OCH3 is 1. The Labute approximate surface area is 309 Å². The molecule has 1 aliphatic heterocycles. The maximum absolute atomic E-state index is 15.2. The Morgan fingerprint density at radius 3 is 2.33 bits per heavy atom. The number of carboxylic acid groups (broad SMARTS) is 1. The van der Waals surface area contributed by atoms with E-state index in [0.29, 0.717) is 51.5 Å². The van der Waals surface area contributed by atoms with Crippen LogP contribution in [0.15, 0.2) is 90.5 Å². The van der Waals surface area contributed by atoms with Gasteiger partial charge in [-0.2, -0.15) is 0 Å². The summed E-state index contributed by atoms with van der Waals surface area (Å²) in [5.74, 6) is -5.03. The molecule has 6 atom stereocenters. The topological polar surface area (TPSA) is 138 Å². The summed E-state index contributed by atoms with van der Waals surface area (Å²) in [6.07, 6.45) is 5.57. The third-order valence-electron chi connectivity index (χ3n) is 11.3. The number of unbranched alkanes of at least 4 members (excludes halogenated alkanes) is 2. The zero-order valence-electron chi connectivity index (χ0n) is 28.1. The summed E-state index contributed by atoms with van der Waals surface area (Å²) in [6.45, 7) is 0.207. The lowest BCUT2D eigenvalue weighted by Crippen LogP contribution is -2.58. The molecule has 7 rings (SSSR count). The quantitative estimate of drug-likeness (QED) is 0.103. The number of hydrogen-bond acceptors (Lipinski definition) is 7. The summed E-state index contributed by atoms with van der Waals surface area (Å²) < 4.78 is 6.11. The van der Waals surface area contributed by atoms with Crippen LogP contribution in [0.25, 0.3) is 5.57 Å². The number of Topliss-reactive ketones (excluding diaryl/α,β-unsaturated/α-hetero) is 1. The Hall–Kier alpha value is -4.58. The van der Waals surface area contributed by atoms with Gasteiger partial charge in [0, 0.05) is 30.4 Å². The molecule has 2 fully saturated rings. The van der Waals surface area contributed by atoms with Crippen LogP contribution < -0.4 is 4.74 Å². The predicted molar refractivity (Wildman–Crippen MR) is 197 cm³/mol. The number of amides is 2. The molecule has 10 heteroatoms. The van der Waals surface area contributed by atoms with Crippen molar-refractivity contribution in [3.8, 4) is 11.5 Å². The van der Waals surface area contributed by atoms with Gasteiger partial charge in [-0.05, 0) is 89.1 Å². The molecule has 9 nitrogen and oxygen atoms in total. The number of aliphatic carboxylic acids is 1. The Morgan fingerprint density at radius 2 is 1.65 bits per heavy atom.